The summed E-state index contributed by atoms with van der Waals surface area (Å²) >= 11 is 0. The molecule has 110 valence electrons. The molecule has 2 rings (SSSR count). The molecule has 2 aliphatic heterocycles. The summed E-state index contributed by atoms with van der Waals surface area (Å²) in [6.07, 6.45) is 0.733. The molecule has 0 aromatic carbocycles. The van der Waals surface area contributed by atoms with E-state index in [2.05, 4.69) is 15.1 Å². The van der Waals surface area contributed by atoms with Gasteiger partial charge >= 0.3 is 6.03 Å². The van der Waals surface area contributed by atoms with Gasteiger partial charge in [-0.05, 0) is 18.1 Å². The predicted octanol–water partition coefficient (Wildman–Crippen LogP) is 1.11. The van der Waals surface area contributed by atoms with Gasteiger partial charge in [0.05, 0.1) is 18.6 Å². The van der Waals surface area contributed by atoms with Gasteiger partial charge < -0.3 is 9.84 Å². The molecule has 0 aromatic heterocycles. The first-order valence-electron chi connectivity index (χ1n) is 6.51. The predicted molar refractivity (Wildman–Crippen MR) is 70.6 cm³/mol. The quantitative estimate of drug-likeness (QED) is 0.475. The van der Waals surface area contributed by atoms with Crippen molar-refractivity contribution in [1.82, 2.24) is 9.91 Å². The molecule has 0 spiro atoms. The molecule has 0 bridgehead atoms. The minimum absolute atomic E-state index is 0.0556. The average molecular weight is 282 g/mol. The number of urea groups is 1. The van der Waals surface area contributed by atoms with Crippen LogP contribution in [0.3, 0.4) is 0 Å². The fourth-order valence-corrected chi connectivity index (χ4v) is 2.61. The second kappa shape index (κ2) is 6.08. The van der Waals surface area contributed by atoms with E-state index >= 15 is 0 Å². The number of carbonyl (C=O) groups is 1. The Balaban J connectivity index is 2.19. The first kappa shape index (κ1) is 14.6. The molecule has 0 saturated carbocycles. The molecule has 1 unspecified atom stereocenters. The molecular formula is C11H18N6O3. The fraction of sp³-hybridized carbons (Fsp3) is 0.818. The van der Waals surface area contributed by atoms with Gasteiger partial charge in [0, 0.05) is 13.6 Å². The maximum atomic E-state index is 12.4. The summed E-state index contributed by atoms with van der Waals surface area (Å²) in [4.78, 5) is 20.6. The highest BCUT2D eigenvalue weighted by atomic mass is 16.5. The topological polar surface area (TPSA) is 114 Å². The smallest absolute Gasteiger partial charge is 0.394 e. The van der Waals surface area contributed by atoms with Crippen LogP contribution in [0.5, 0.6) is 0 Å². The number of nitrogens with zero attached hydrogens (tertiary/aromatic N) is 6. The summed E-state index contributed by atoms with van der Waals surface area (Å²) in [5.41, 5.74) is 8.59. The Morgan fingerprint density at radius 3 is 2.85 bits per heavy atom. The van der Waals surface area contributed by atoms with Crippen molar-refractivity contribution in [3.8, 4) is 0 Å². The lowest BCUT2D eigenvalue weighted by atomic mass is 10.1. The molecule has 1 N–H and O–H groups in total. The van der Waals surface area contributed by atoms with E-state index < -0.39 is 12.3 Å². The fourth-order valence-electron chi connectivity index (χ4n) is 2.61. The Kier molecular flexibility index (Phi) is 4.43. The summed E-state index contributed by atoms with van der Waals surface area (Å²) in [5.74, 6) is 0.390. The third kappa shape index (κ3) is 2.55. The van der Waals surface area contributed by atoms with Crippen LogP contribution in [0.4, 0.5) is 4.79 Å². The molecule has 0 aromatic rings. The number of aliphatic imine (C=N–C) groups is 1. The zero-order valence-electron chi connectivity index (χ0n) is 11.5. The van der Waals surface area contributed by atoms with Gasteiger partial charge in [-0.3, -0.25) is 9.89 Å². The molecule has 0 radical (unpaired) electrons. The van der Waals surface area contributed by atoms with Crippen molar-refractivity contribution in [3.63, 3.8) is 0 Å². The number of aliphatic hydroxyl groups is 1. The van der Waals surface area contributed by atoms with Crippen LogP contribution in [-0.4, -0.2) is 59.4 Å². The van der Waals surface area contributed by atoms with Crippen LogP contribution in [0.15, 0.2) is 10.2 Å². The van der Waals surface area contributed by atoms with Crippen molar-refractivity contribution in [2.24, 2.45) is 16.1 Å². The van der Waals surface area contributed by atoms with Gasteiger partial charge in [-0.15, -0.1) is 10.5 Å². The maximum absolute atomic E-state index is 12.4. The first-order valence-corrected chi connectivity index (χ1v) is 6.51. The largest absolute Gasteiger partial charge is 0.422 e. The van der Waals surface area contributed by atoms with Crippen LogP contribution >= 0.6 is 0 Å². The van der Waals surface area contributed by atoms with Crippen molar-refractivity contribution in [3.05, 3.63) is 10.4 Å². The Hall–Kier alpha value is -1.83. The summed E-state index contributed by atoms with van der Waals surface area (Å²) < 4.78 is 5.62. The number of amidine groups is 1. The zero-order chi connectivity index (χ0) is 14.7. The number of rotatable bonds is 3. The third-order valence-corrected chi connectivity index (χ3v) is 3.55. The minimum Gasteiger partial charge on any atom is -0.394 e. The van der Waals surface area contributed by atoms with Crippen LogP contribution in [0.2, 0.25) is 0 Å². The lowest BCUT2D eigenvalue weighted by molar-refractivity contribution is -0.0583. The minimum atomic E-state index is -0.440. The SMILES string of the molecule is CN=C1C(C)CN([C@H]2CC[C@@H](CO)O2)C(=O)N1N=[N+]=[N-]. The average Bonchev–Trinajstić information content (AvgIpc) is 2.91. The van der Waals surface area contributed by atoms with E-state index in [1.54, 1.807) is 7.05 Å². The van der Waals surface area contributed by atoms with Gasteiger partial charge in [0.15, 0.2) is 0 Å². The van der Waals surface area contributed by atoms with E-state index in [1.165, 1.54) is 4.90 Å². The molecular weight excluding hydrogens is 264 g/mol. The second-order valence-corrected chi connectivity index (χ2v) is 4.88. The van der Waals surface area contributed by atoms with Crippen LogP contribution in [0.25, 0.3) is 10.4 Å². The highest BCUT2D eigenvalue weighted by Gasteiger charge is 2.44. The summed E-state index contributed by atoms with van der Waals surface area (Å²) in [6.45, 7) is 2.29. The van der Waals surface area contributed by atoms with Crippen molar-refractivity contribution in [1.29, 1.82) is 0 Å². The van der Waals surface area contributed by atoms with E-state index in [-0.39, 0.29) is 18.6 Å². The second-order valence-electron chi connectivity index (χ2n) is 4.88. The van der Waals surface area contributed by atoms with E-state index in [0.29, 0.717) is 25.2 Å². The zero-order valence-corrected chi connectivity index (χ0v) is 11.5. The first-order chi connectivity index (χ1) is 9.62. The number of ether oxygens (including phenoxy) is 1. The van der Waals surface area contributed by atoms with Crippen LogP contribution in [-0.2, 0) is 4.74 Å². The Bertz CT molecular complexity index is 461. The standard InChI is InChI=1S/C11H18N6O3/c1-7-5-16(9-4-3-8(6-18)20-9)11(19)17(15-14-12)10(7)13-2/h7-9,18H,3-6H2,1-2H3/t7?,8-,9+/m0/s1. The molecule has 0 aliphatic carbocycles. The van der Waals surface area contributed by atoms with Gasteiger partial charge in [0.25, 0.3) is 0 Å². The molecule has 20 heavy (non-hydrogen) atoms. The molecule has 2 amide bonds. The van der Waals surface area contributed by atoms with Crippen molar-refractivity contribution in [2.45, 2.75) is 32.1 Å². The van der Waals surface area contributed by atoms with E-state index in [0.717, 1.165) is 5.01 Å². The number of hydrogen-bond donors (Lipinski definition) is 1. The highest BCUT2D eigenvalue weighted by Crippen LogP contribution is 2.27. The van der Waals surface area contributed by atoms with Gasteiger partial charge in [0.1, 0.15) is 6.23 Å². The molecule has 2 saturated heterocycles. The number of azide groups is 1. The lowest BCUT2D eigenvalue weighted by Crippen LogP contribution is -2.57. The van der Waals surface area contributed by atoms with E-state index in [1.807, 2.05) is 6.92 Å². The van der Waals surface area contributed by atoms with Crippen molar-refractivity contribution >= 4 is 11.9 Å². The molecule has 2 aliphatic rings. The summed E-state index contributed by atoms with van der Waals surface area (Å²) in [5, 5.41) is 13.5. The van der Waals surface area contributed by atoms with Crippen LogP contribution in [0, 0.1) is 5.92 Å². The van der Waals surface area contributed by atoms with E-state index in [4.69, 9.17) is 15.4 Å². The Morgan fingerprint density at radius 2 is 2.30 bits per heavy atom. The maximum Gasteiger partial charge on any atom is 0.422 e. The molecule has 2 heterocycles. The van der Waals surface area contributed by atoms with Crippen LogP contribution < -0.4 is 0 Å². The Morgan fingerprint density at radius 1 is 1.55 bits per heavy atom. The number of aliphatic hydroxyl groups excluding tert-OH is 1. The number of hydrogen-bond acceptors (Lipinski definition) is 5. The molecule has 2 fully saturated rings. The van der Waals surface area contributed by atoms with Gasteiger partial charge in [-0.2, -0.15) is 4.91 Å². The normalized spacial score (nSPS) is 32.6. The highest BCUT2D eigenvalue weighted by molar-refractivity contribution is 6.00. The van der Waals surface area contributed by atoms with Gasteiger partial charge in [-0.25, -0.2) is 4.79 Å². The molecule has 9 nitrogen and oxygen atoms in total. The van der Waals surface area contributed by atoms with Crippen molar-refractivity contribution < 1.29 is 14.6 Å². The third-order valence-electron chi connectivity index (χ3n) is 3.55. The monoisotopic (exact) mass is 282 g/mol. The Labute approximate surface area is 116 Å². The van der Waals surface area contributed by atoms with Crippen LogP contribution in [0.1, 0.15) is 19.8 Å². The number of amides is 2. The summed E-state index contributed by atoms with van der Waals surface area (Å²) in [7, 11) is 1.56. The lowest BCUT2D eigenvalue weighted by Gasteiger charge is -2.36. The van der Waals surface area contributed by atoms with E-state index in [9.17, 15) is 4.79 Å². The number of carbonyl (C=O) groups excluding carboxylic acids is 1. The molecule has 3 atom stereocenters. The summed E-state index contributed by atoms with van der Waals surface area (Å²) in [6, 6.07) is -0.440. The van der Waals surface area contributed by atoms with Gasteiger partial charge in [-0.1, -0.05) is 6.92 Å². The van der Waals surface area contributed by atoms with Crippen molar-refractivity contribution in [2.75, 3.05) is 20.2 Å². The molecule has 9 heteroatoms. The van der Waals surface area contributed by atoms with Gasteiger partial charge in [0.2, 0.25) is 5.84 Å².